The van der Waals surface area contributed by atoms with E-state index in [4.69, 9.17) is 0 Å². The van der Waals surface area contributed by atoms with E-state index in [1.54, 1.807) is 0 Å². The van der Waals surface area contributed by atoms with E-state index in [2.05, 4.69) is 62.1 Å². The Balaban J connectivity index is 2.03. The highest BCUT2D eigenvalue weighted by Gasteiger charge is 2.24. The van der Waals surface area contributed by atoms with Crippen LogP contribution in [-0.4, -0.2) is 17.0 Å². The number of rotatable bonds is 6. The van der Waals surface area contributed by atoms with Crippen molar-refractivity contribution < 1.29 is 0 Å². The second kappa shape index (κ2) is 7.35. The molecule has 0 saturated heterocycles. The van der Waals surface area contributed by atoms with E-state index in [0.29, 0.717) is 11.3 Å². The molecule has 0 bridgehead atoms. The highest BCUT2D eigenvalue weighted by molar-refractivity contribution is 8.00. The summed E-state index contributed by atoms with van der Waals surface area (Å²) in [5.74, 6) is 0. The smallest absolute Gasteiger partial charge is 0.0437 e. The van der Waals surface area contributed by atoms with E-state index in [0.717, 1.165) is 11.8 Å². The number of benzene rings is 1. The zero-order valence-corrected chi connectivity index (χ0v) is 13.3. The second-order valence-corrected chi connectivity index (χ2v) is 7.38. The molecule has 1 aliphatic carbocycles. The number of thioether (sulfide) groups is 1. The quantitative estimate of drug-likeness (QED) is 0.808. The van der Waals surface area contributed by atoms with Gasteiger partial charge in [-0.25, -0.2) is 0 Å². The van der Waals surface area contributed by atoms with Gasteiger partial charge in [-0.15, -0.1) is 0 Å². The first kappa shape index (κ1) is 14.9. The van der Waals surface area contributed by atoms with Crippen molar-refractivity contribution in [1.29, 1.82) is 0 Å². The predicted molar refractivity (Wildman–Crippen MR) is 86.9 cm³/mol. The van der Waals surface area contributed by atoms with Gasteiger partial charge in [0, 0.05) is 16.5 Å². The molecule has 0 radical (unpaired) electrons. The van der Waals surface area contributed by atoms with Gasteiger partial charge in [-0.05, 0) is 31.9 Å². The van der Waals surface area contributed by atoms with Gasteiger partial charge in [0.1, 0.15) is 0 Å². The standard InChI is InChI=1S/C17H27NS/c1-4-18-17(15-11-9-13(2)10-12-15)14(3)19-16-7-5-6-8-16/h9-12,14,16-18H,4-8H2,1-3H3. The molecule has 1 aromatic rings. The molecule has 2 atom stereocenters. The van der Waals surface area contributed by atoms with Gasteiger partial charge in [0.25, 0.3) is 0 Å². The Morgan fingerprint density at radius 2 is 1.84 bits per heavy atom. The SMILES string of the molecule is CCNC(c1ccc(C)cc1)C(C)SC1CCCC1. The van der Waals surface area contributed by atoms with Crippen molar-refractivity contribution in [2.24, 2.45) is 0 Å². The largest absolute Gasteiger partial charge is 0.309 e. The van der Waals surface area contributed by atoms with Crippen LogP contribution in [0.4, 0.5) is 0 Å². The molecule has 1 saturated carbocycles. The second-order valence-electron chi connectivity index (χ2n) is 5.69. The van der Waals surface area contributed by atoms with Crippen LogP contribution < -0.4 is 5.32 Å². The molecule has 1 aromatic carbocycles. The van der Waals surface area contributed by atoms with Gasteiger partial charge in [-0.2, -0.15) is 11.8 Å². The van der Waals surface area contributed by atoms with Crippen molar-refractivity contribution in [3.8, 4) is 0 Å². The lowest BCUT2D eigenvalue weighted by Crippen LogP contribution is -2.29. The summed E-state index contributed by atoms with van der Waals surface area (Å²) < 4.78 is 0. The van der Waals surface area contributed by atoms with Gasteiger partial charge in [-0.1, -0.05) is 56.5 Å². The third kappa shape index (κ3) is 4.25. The summed E-state index contributed by atoms with van der Waals surface area (Å²) in [6.07, 6.45) is 5.70. The van der Waals surface area contributed by atoms with Crippen molar-refractivity contribution in [2.45, 2.75) is 63.0 Å². The zero-order chi connectivity index (χ0) is 13.7. The topological polar surface area (TPSA) is 12.0 Å². The van der Waals surface area contributed by atoms with Crippen LogP contribution in [0.1, 0.15) is 56.7 Å². The maximum atomic E-state index is 3.67. The average Bonchev–Trinajstić information content (AvgIpc) is 2.90. The van der Waals surface area contributed by atoms with Crippen LogP contribution >= 0.6 is 11.8 Å². The summed E-state index contributed by atoms with van der Waals surface area (Å²) >= 11 is 2.19. The molecule has 0 aromatic heterocycles. The molecule has 19 heavy (non-hydrogen) atoms. The minimum absolute atomic E-state index is 0.483. The third-order valence-electron chi connectivity index (χ3n) is 4.04. The predicted octanol–water partition coefficient (Wildman–Crippen LogP) is 4.71. The van der Waals surface area contributed by atoms with Gasteiger partial charge in [0.2, 0.25) is 0 Å². The summed E-state index contributed by atoms with van der Waals surface area (Å²) in [6, 6.07) is 9.51. The Morgan fingerprint density at radius 3 is 2.42 bits per heavy atom. The molecule has 2 heteroatoms. The lowest BCUT2D eigenvalue weighted by molar-refractivity contribution is 0.546. The highest BCUT2D eigenvalue weighted by Crippen LogP contribution is 2.36. The molecule has 106 valence electrons. The fourth-order valence-corrected chi connectivity index (χ4v) is 4.58. The van der Waals surface area contributed by atoms with Crippen LogP contribution in [0, 0.1) is 6.92 Å². The van der Waals surface area contributed by atoms with Gasteiger partial charge < -0.3 is 5.32 Å². The molecular formula is C17H27NS. The summed E-state index contributed by atoms with van der Waals surface area (Å²) in [5.41, 5.74) is 2.78. The molecule has 0 spiro atoms. The van der Waals surface area contributed by atoms with Gasteiger partial charge in [0.05, 0.1) is 0 Å². The lowest BCUT2D eigenvalue weighted by atomic mass is 10.0. The molecule has 2 rings (SSSR count). The minimum Gasteiger partial charge on any atom is -0.309 e. The fourth-order valence-electron chi connectivity index (χ4n) is 2.96. The van der Waals surface area contributed by atoms with Crippen molar-refractivity contribution in [1.82, 2.24) is 5.32 Å². The van der Waals surface area contributed by atoms with Crippen LogP contribution in [0.2, 0.25) is 0 Å². The highest BCUT2D eigenvalue weighted by atomic mass is 32.2. The van der Waals surface area contributed by atoms with Crippen molar-refractivity contribution in [3.05, 3.63) is 35.4 Å². The molecule has 1 fully saturated rings. The maximum Gasteiger partial charge on any atom is 0.0437 e. The number of nitrogens with one attached hydrogen (secondary N) is 1. The van der Waals surface area contributed by atoms with Gasteiger partial charge >= 0.3 is 0 Å². The molecule has 0 heterocycles. The van der Waals surface area contributed by atoms with Crippen LogP contribution in [0.15, 0.2) is 24.3 Å². The fraction of sp³-hybridized carbons (Fsp3) is 0.647. The Morgan fingerprint density at radius 1 is 1.21 bits per heavy atom. The summed E-state index contributed by atoms with van der Waals surface area (Å²) in [7, 11) is 0. The van der Waals surface area contributed by atoms with Gasteiger partial charge in [0.15, 0.2) is 0 Å². The summed E-state index contributed by atoms with van der Waals surface area (Å²) in [6.45, 7) is 7.78. The van der Waals surface area contributed by atoms with Gasteiger partial charge in [-0.3, -0.25) is 0 Å². The Labute approximate surface area is 122 Å². The van der Waals surface area contributed by atoms with E-state index in [1.165, 1.54) is 36.8 Å². The Hall–Kier alpha value is -0.470. The van der Waals surface area contributed by atoms with Crippen molar-refractivity contribution in [3.63, 3.8) is 0 Å². The van der Waals surface area contributed by atoms with Crippen LogP contribution in [0.25, 0.3) is 0 Å². The van der Waals surface area contributed by atoms with E-state index in [1.807, 2.05) is 0 Å². The third-order valence-corrected chi connectivity index (χ3v) is 5.60. The summed E-state index contributed by atoms with van der Waals surface area (Å²) in [5, 5.41) is 5.21. The number of hydrogen-bond acceptors (Lipinski definition) is 2. The van der Waals surface area contributed by atoms with E-state index in [-0.39, 0.29) is 0 Å². The molecule has 0 aliphatic heterocycles. The van der Waals surface area contributed by atoms with Crippen molar-refractivity contribution >= 4 is 11.8 Å². The molecular weight excluding hydrogens is 250 g/mol. The lowest BCUT2D eigenvalue weighted by Gasteiger charge is -2.27. The first-order chi connectivity index (χ1) is 9.20. The normalized spacial score (nSPS) is 19.5. The molecule has 1 aliphatic rings. The number of hydrogen-bond donors (Lipinski definition) is 1. The van der Waals surface area contributed by atoms with Crippen LogP contribution in [0.3, 0.4) is 0 Å². The van der Waals surface area contributed by atoms with E-state index >= 15 is 0 Å². The molecule has 1 nitrogen and oxygen atoms in total. The zero-order valence-electron chi connectivity index (χ0n) is 12.5. The van der Waals surface area contributed by atoms with Crippen molar-refractivity contribution in [2.75, 3.05) is 6.54 Å². The van der Waals surface area contributed by atoms with E-state index < -0.39 is 0 Å². The summed E-state index contributed by atoms with van der Waals surface area (Å²) in [4.78, 5) is 0. The molecule has 0 amide bonds. The average molecular weight is 277 g/mol. The molecule has 1 N–H and O–H groups in total. The minimum atomic E-state index is 0.483. The number of aryl methyl sites for hydroxylation is 1. The molecule has 2 unspecified atom stereocenters. The monoisotopic (exact) mass is 277 g/mol. The van der Waals surface area contributed by atoms with Crippen LogP contribution in [-0.2, 0) is 0 Å². The first-order valence-corrected chi connectivity index (χ1v) is 8.60. The van der Waals surface area contributed by atoms with E-state index in [9.17, 15) is 0 Å². The van der Waals surface area contributed by atoms with Crippen LogP contribution in [0.5, 0.6) is 0 Å². The maximum absolute atomic E-state index is 3.67. The Kier molecular flexibility index (Phi) is 5.77. The Bertz CT molecular complexity index is 367. The first-order valence-electron chi connectivity index (χ1n) is 7.66.